The lowest BCUT2D eigenvalue weighted by atomic mass is 9.99. The summed E-state index contributed by atoms with van der Waals surface area (Å²) in [6, 6.07) is 4.60. The SMILES string of the molecule is CCNC(Cc1cc(CC)nn1CC)c1cnccc1C. The number of nitrogens with zero attached hydrogens (tertiary/aromatic N) is 3. The first kappa shape index (κ1) is 15.7. The summed E-state index contributed by atoms with van der Waals surface area (Å²) >= 11 is 0. The standard InChI is InChI=1S/C17H26N4/c1-5-14-10-15(21(7-3)20-14)11-17(19-6-2)16-12-18-9-8-13(16)4/h8-10,12,17,19H,5-7,11H2,1-4H3. The van der Waals surface area contributed by atoms with Crippen LogP contribution >= 0.6 is 0 Å². The fraction of sp³-hybridized carbons (Fsp3) is 0.529. The molecule has 0 radical (unpaired) electrons. The largest absolute Gasteiger partial charge is 0.310 e. The zero-order chi connectivity index (χ0) is 15.2. The maximum absolute atomic E-state index is 4.65. The highest BCUT2D eigenvalue weighted by Gasteiger charge is 2.16. The number of hydrogen-bond donors (Lipinski definition) is 1. The molecule has 0 amide bonds. The molecule has 0 saturated carbocycles. The average Bonchev–Trinajstić information content (AvgIpc) is 2.89. The number of hydrogen-bond acceptors (Lipinski definition) is 3. The maximum Gasteiger partial charge on any atom is 0.0624 e. The molecule has 0 spiro atoms. The molecular formula is C17H26N4. The van der Waals surface area contributed by atoms with E-state index in [-0.39, 0.29) is 6.04 Å². The topological polar surface area (TPSA) is 42.7 Å². The first-order valence-electron chi connectivity index (χ1n) is 7.89. The van der Waals surface area contributed by atoms with Crippen LogP contribution in [0, 0.1) is 6.92 Å². The van der Waals surface area contributed by atoms with Gasteiger partial charge in [0.1, 0.15) is 0 Å². The summed E-state index contributed by atoms with van der Waals surface area (Å²) in [7, 11) is 0. The van der Waals surface area contributed by atoms with Crippen molar-refractivity contribution in [1.82, 2.24) is 20.1 Å². The number of nitrogens with one attached hydrogen (secondary N) is 1. The Kier molecular flexibility index (Phi) is 5.51. The van der Waals surface area contributed by atoms with Crippen LogP contribution in [0.1, 0.15) is 49.3 Å². The Labute approximate surface area is 127 Å². The summed E-state index contributed by atoms with van der Waals surface area (Å²) in [4.78, 5) is 4.29. The zero-order valence-corrected chi connectivity index (χ0v) is 13.6. The summed E-state index contributed by atoms with van der Waals surface area (Å²) in [5, 5.41) is 8.24. The summed E-state index contributed by atoms with van der Waals surface area (Å²) < 4.78 is 2.12. The lowest BCUT2D eigenvalue weighted by Gasteiger charge is -2.20. The number of likely N-dealkylation sites (N-methyl/N-ethyl adjacent to an activating group) is 1. The van der Waals surface area contributed by atoms with Gasteiger partial charge in [0.25, 0.3) is 0 Å². The molecule has 0 saturated heterocycles. The maximum atomic E-state index is 4.65. The number of pyridine rings is 1. The van der Waals surface area contributed by atoms with Crippen molar-refractivity contribution >= 4 is 0 Å². The fourth-order valence-electron chi connectivity index (χ4n) is 2.71. The summed E-state index contributed by atoms with van der Waals surface area (Å²) in [6.07, 6.45) is 5.77. The Bertz CT molecular complexity index is 574. The van der Waals surface area contributed by atoms with Crippen molar-refractivity contribution in [3.8, 4) is 0 Å². The second-order valence-electron chi connectivity index (χ2n) is 5.34. The van der Waals surface area contributed by atoms with Crippen LogP contribution in [0.2, 0.25) is 0 Å². The van der Waals surface area contributed by atoms with Crippen molar-refractivity contribution < 1.29 is 0 Å². The molecule has 2 aromatic heterocycles. The summed E-state index contributed by atoms with van der Waals surface area (Å²) in [5.41, 5.74) is 5.03. The number of aromatic nitrogens is 3. The second-order valence-corrected chi connectivity index (χ2v) is 5.34. The van der Waals surface area contributed by atoms with Crippen molar-refractivity contribution in [2.45, 2.75) is 53.1 Å². The van der Waals surface area contributed by atoms with E-state index in [0.29, 0.717) is 0 Å². The van der Waals surface area contributed by atoms with Crippen molar-refractivity contribution in [1.29, 1.82) is 0 Å². The highest BCUT2D eigenvalue weighted by molar-refractivity contribution is 5.27. The predicted octanol–water partition coefficient (Wildman–Crippen LogP) is 3.06. The van der Waals surface area contributed by atoms with Crippen LogP contribution in [0.4, 0.5) is 0 Å². The minimum absolute atomic E-state index is 0.287. The molecule has 0 bridgehead atoms. The predicted molar refractivity (Wildman–Crippen MR) is 86.4 cm³/mol. The Balaban J connectivity index is 2.28. The third kappa shape index (κ3) is 3.70. The fourth-order valence-corrected chi connectivity index (χ4v) is 2.71. The molecule has 0 aliphatic rings. The Morgan fingerprint density at radius 2 is 2.10 bits per heavy atom. The third-order valence-corrected chi connectivity index (χ3v) is 3.89. The van der Waals surface area contributed by atoms with E-state index in [4.69, 9.17) is 0 Å². The summed E-state index contributed by atoms with van der Waals surface area (Å²) in [5.74, 6) is 0. The van der Waals surface area contributed by atoms with E-state index in [2.05, 4.69) is 59.9 Å². The average molecular weight is 286 g/mol. The van der Waals surface area contributed by atoms with Gasteiger partial charge in [-0.3, -0.25) is 9.67 Å². The Morgan fingerprint density at radius 1 is 1.29 bits per heavy atom. The molecular weight excluding hydrogens is 260 g/mol. The molecule has 2 rings (SSSR count). The van der Waals surface area contributed by atoms with Crippen LogP contribution in [0.5, 0.6) is 0 Å². The number of aryl methyl sites for hydroxylation is 3. The second kappa shape index (κ2) is 7.36. The van der Waals surface area contributed by atoms with Gasteiger partial charge in [0.15, 0.2) is 0 Å². The van der Waals surface area contributed by atoms with E-state index < -0.39 is 0 Å². The normalized spacial score (nSPS) is 12.6. The van der Waals surface area contributed by atoms with Gasteiger partial charge in [-0.25, -0.2) is 0 Å². The van der Waals surface area contributed by atoms with Crippen LogP contribution in [0.15, 0.2) is 24.5 Å². The molecule has 0 fully saturated rings. The highest BCUT2D eigenvalue weighted by Crippen LogP contribution is 2.21. The quantitative estimate of drug-likeness (QED) is 0.850. The van der Waals surface area contributed by atoms with E-state index >= 15 is 0 Å². The van der Waals surface area contributed by atoms with Gasteiger partial charge >= 0.3 is 0 Å². The van der Waals surface area contributed by atoms with Gasteiger partial charge in [-0.2, -0.15) is 5.10 Å². The molecule has 0 aliphatic carbocycles. The van der Waals surface area contributed by atoms with E-state index in [1.807, 2.05) is 12.4 Å². The molecule has 4 heteroatoms. The van der Waals surface area contributed by atoms with E-state index in [1.165, 1.54) is 22.5 Å². The molecule has 1 atom stereocenters. The first-order valence-corrected chi connectivity index (χ1v) is 7.89. The smallest absolute Gasteiger partial charge is 0.0624 e. The molecule has 1 unspecified atom stereocenters. The van der Waals surface area contributed by atoms with Gasteiger partial charge in [0.05, 0.1) is 5.69 Å². The van der Waals surface area contributed by atoms with Crippen LogP contribution in [0.25, 0.3) is 0 Å². The Morgan fingerprint density at radius 3 is 2.71 bits per heavy atom. The van der Waals surface area contributed by atoms with Gasteiger partial charge in [-0.15, -0.1) is 0 Å². The van der Waals surface area contributed by atoms with Gasteiger partial charge < -0.3 is 5.32 Å². The lowest BCUT2D eigenvalue weighted by molar-refractivity contribution is 0.513. The molecule has 114 valence electrons. The van der Waals surface area contributed by atoms with Gasteiger partial charge in [0.2, 0.25) is 0 Å². The minimum atomic E-state index is 0.287. The van der Waals surface area contributed by atoms with E-state index in [0.717, 1.165) is 25.9 Å². The van der Waals surface area contributed by atoms with Crippen LogP contribution in [0.3, 0.4) is 0 Å². The summed E-state index contributed by atoms with van der Waals surface area (Å²) in [6.45, 7) is 10.5. The van der Waals surface area contributed by atoms with Crippen LogP contribution in [-0.2, 0) is 19.4 Å². The van der Waals surface area contributed by atoms with Gasteiger partial charge in [-0.1, -0.05) is 13.8 Å². The molecule has 1 N–H and O–H groups in total. The van der Waals surface area contributed by atoms with E-state index in [1.54, 1.807) is 0 Å². The van der Waals surface area contributed by atoms with Crippen molar-refractivity contribution in [2.24, 2.45) is 0 Å². The van der Waals surface area contributed by atoms with Crippen LogP contribution < -0.4 is 5.32 Å². The minimum Gasteiger partial charge on any atom is -0.310 e. The molecule has 4 nitrogen and oxygen atoms in total. The van der Waals surface area contributed by atoms with Crippen molar-refractivity contribution in [3.05, 3.63) is 47.0 Å². The zero-order valence-electron chi connectivity index (χ0n) is 13.6. The van der Waals surface area contributed by atoms with Gasteiger partial charge in [-0.05, 0) is 50.1 Å². The van der Waals surface area contributed by atoms with Crippen molar-refractivity contribution in [2.75, 3.05) is 6.54 Å². The van der Waals surface area contributed by atoms with Crippen LogP contribution in [-0.4, -0.2) is 21.3 Å². The molecule has 0 aliphatic heterocycles. The highest BCUT2D eigenvalue weighted by atomic mass is 15.3. The first-order chi connectivity index (χ1) is 10.2. The third-order valence-electron chi connectivity index (χ3n) is 3.89. The van der Waals surface area contributed by atoms with Gasteiger partial charge in [0, 0.05) is 37.1 Å². The number of rotatable bonds is 7. The lowest BCUT2D eigenvalue weighted by Crippen LogP contribution is -2.25. The molecule has 21 heavy (non-hydrogen) atoms. The molecule has 0 aromatic carbocycles. The molecule has 2 aromatic rings. The van der Waals surface area contributed by atoms with E-state index in [9.17, 15) is 0 Å². The molecule has 2 heterocycles. The monoisotopic (exact) mass is 286 g/mol. The Hall–Kier alpha value is -1.68. The van der Waals surface area contributed by atoms with Crippen molar-refractivity contribution in [3.63, 3.8) is 0 Å².